The topological polar surface area (TPSA) is 64.6 Å². The molecule has 1 aromatic carbocycles. The monoisotopic (exact) mass is 369 g/mol. The molecule has 27 heavy (non-hydrogen) atoms. The Labute approximate surface area is 160 Å². The number of hydrogen-bond acceptors (Lipinski definition) is 5. The third-order valence-electron chi connectivity index (χ3n) is 5.17. The van der Waals surface area contributed by atoms with Gasteiger partial charge in [0.15, 0.2) is 5.78 Å². The number of allylic oxidation sites excluding steroid dienone is 3. The molecule has 1 unspecified atom stereocenters. The Hall–Kier alpha value is -2.56. The number of hydrogen-bond donors (Lipinski definition) is 1. The summed E-state index contributed by atoms with van der Waals surface area (Å²) in [4.78, 5) is 25.8. The predicted molar refractivity (Wildman–Crippen MR) is 103 cm³/mol. The molecule has 0 spiro atoms. The van der Waals surface area contributed by atoms with Crippen molar-refractivity contribution in [2.24, 2.45) is 5.41 Å². The average molecular weight is 369 g/mol. The van der Waals surface area contributed by atoms with Crippen molar-refractivity contribution in [2.75, 3.05) is 13.7 Å². The smallest absolute Gasteiger partial charge is 0.336 e. The number of dihydropyridines is 1. The number of Topliss-reactive ketones (excluding diaryl/α,β-unsaturated/α-hetero) is 1. The first-order chi connectivity index (χ1) is 12.8. The summed E-state index contributed by atoms with van der Waals surface area (Å²) in [6.45, 7) is 8.47. The molecule has 1 aliphatic carbocycles. The number of carbonyl (C=O) groups excluding carboxylic acids is 2. The van der Waals surface area contributed by atoms with Crippen LogP contribution >= 0.6 is 0 Å². The van der Waals surface area contributed by atoms with Gasteiger partial charge in [-0.15, -0.1) is 0 Å². The summed E-state index contributed by atoms with van der Waals surface area (Å²) in [7, 11) is 1.36. The van der Waals surface area contributed by atoms with Crippen LogP contribution in [0.25, 0.3) is 0 Å². The van der Waals surface area contributed by atoms with Gasteiger partial charge < -0.3 is 14.8 Å². The number of ether oxygens (including phenoxy) is 2. The van der Waals surface area contributed by atoms with E-state index in [4.69, 9.17) is 9.47 Å². The molecule has 3 rings (SSSR count). The van der Waals surface area contributed by atoms with E-state index in [0.29, 0.717) is 29.9 Å². The minimum absolute atomic E-state index is 0.0685. The Balaban J connectivity index is 2.23. The summed E-state index contributed by atoms with van der Waals surface area (Å²) < 4.78 is 10.9. The molecule has 0 fully saturated rings. The van der Waals surface area contributed by atoms with E-state index < -0.39 is 11.9 Å². The average Bonchev–Trinajstić information content (AvgIpc) is 2.59. The quantitative estimate of drug-likeness (QED) is 0.817. The van der Waals surface area contributed by atoms with Gasteiger partial charge in [-0.05, 0) is 31.7 Å². The number of carbonyl (C=O) groups is 2. The lowest BCUT2D eigenvalue weighted by atomic mass is 9.68. The van der Waals surface area contributed by atoms with E-state index in [1.807, 2.05) is 38.1 Å². The van der Waals surface area contributed by atoms with Gasteiger partial charge in [0, 0.05) is 29.0 Å². The molecule has 5 heteroatoms. The standard InChI is InChI=1S/C22H27NO4/c1-6-27-17-10-8-7-9-14(17)19-18(21(25)26-5)13(2)23-15-11-22(3,4)12-16(24)20(15)19/h7-10,19,23H,6,11-12H2,1-5H3. The van der Waals surface area contributed by atoms with Crippen LogP contribution in [0.2, 0.25) is 0 Å². The molecule has 0 saturated heterocycles. The van der Waals surface area contributed by atoms with E-state index in [1.165, 1.54) is 7.11 Å². The van der Waals surface area contributed by atoms with Gasteiger partial charge >= 0.3 is 5.97 Å². The summed E-state index contributed by atoms with van der Waals surface area (Å²) in [6.07, 6.45) is 1.21. The molecular formula is C22H27NO4. The second-order valence-corrected chi connectivity index (χ2v) is 7.89. The van der Waals surface area contributed by atoms with Gasteiger partial charge in [0.2, 0.25) is 0 Å². The lowest BCUT2D eigenvalue weighted by Crippen LogP contribution is -2.38. The van der Waals surface area contributed by atoms with Crippen molar-refractivity contribution < 1.29 is 19.1 Å². The Morgan fingerprint density at radius 2 is 1.96 bits per heavy atom. The third kappa shape index (κ3) is 3.51. The number of ketones is 1. The normalized spacial score (nSPS) is 21.5. The first-order valence-electron chi connectivity index (χ1n) is 9.33. The molecule has 144 valence electrons. The molecule has 5 nitrogen and oxygen atoms in total. The molecule has 1 heterocycles. The largest absolute Gasteiger partial charge is 0.494 e. The van der Waals surface area contributed by atoms with E-state index >= 15 is 0 Å². The molecule has 0 amide bonds. The highest BCUT2D eigenvalue weighted by molar-refractivity contribution is 6.04. The van der Waals surface area contributed by atoms with E-state index in [9.17, 15) is 9.59 Å². The fraction of sp³-hybridized carbons (Fsp3) is 0.455. The maximum atomic E-state index is 13.1. The Bertz CT molecular complexity index is 848. The van der Waals surface area contributed by atoms with Gasteiger partial charge in [-0.2, -0.15) is 0 Å². The zero-order chi connectivity index (χ0) is 19.8. The van der Waals surface area contributed by atoms with E-state index in [-0.39, 0.29) is 11.2 Å². The van der Waals surface area contributed by atoms with E-state index in [1.54, 1.807) is 0 Å². The number of methoxy groups -OCH3 is 1. The SMILES string of the molecule is CCOc1ccccc1C1C(C(=O)OC)=C(C)NC2=C1C(=O)CC(C)(C)C2. The zero-order valence-corrected chi connectivity index (χ0v) is 16.6. The molecule has 1 aromatic rings. The second-order valence-electron chi connectivity index (χ2n) is 7.89. The minimum atomic E-state index is -0.486. The summed E-state index contributed by atoms with van der Waals surface area (Å²) in [5.74, 6) is -0.162. The van der Waals surface area contributed by atoms with Gasteiger partial charge in [0.25, 0.3) is 0 Å². The summed E-state index contributed by atoms with van der Waals surface area (Å²) in [5.41, 5.74) is 3.46. The number of nitrogens with one attached hydrogen (secondary N) is 1. The van der Waals surface area contributed by atoms with Crippen molar-refractivity contribution in [3.63, 3.8) is 0 Å². The number of rotatable bonds is 4. The highest BCUT2D eigenvalue weighted by atomic mass is 16.5. The van der Waals surface area contributed by atoms with Gasteiger partial charge in [-0.25, -0.2) is 4.79 Å². The van der Waals surface area contributed by atoms with Crippen LogP contribution in [0.4, 0.5) is 0 Å². The minimum Gasteiger partial charge on any atom is -0.494 e. The molecular weight excluding hydrogens is 342 g/mol. The van der Waals surface area contributed by atoms with Crippen LogP contribution in [-0.4, -0.2) is 25.5 Å². The highest BCUT2D eigenvalue weighted by Gasteiger charge is 2.43. The van der Waals surface area contributed by atoms with Crippen LogP contribution in [-0.2, 0) is 14.3 Å². The molecule has 0 aromatic heterocycles. The van der Waals surface area contributed by atoms with Gasteiger partial charge in [0.05, 0.1) is 25.2 Å². The Morgan fingerprint density at radius 3 is 2.63 bits per heavy atom. The summed E-state index contributed by atoms with van der Waals surface area (Å²) in [5, 5.41) is 3.32. The molecule has 0 bridgehead atoms. The molecule has 0 radical (unpaired) electrons. The van der Waals surface area contributed by atoms with Crippen molar-refractivity contribution >= 4 is 11.8 Å². The van der Waals surface area contributed by atoms with Crippen LogP contribution in [0.5, 0.6) is 5.75 Å². The molecule has 1 aliphatic heterocycles. The number of esters is 1. The van der Waals surface area contributed by atoms with Crippen molar-refractivity contribution in [2.45, 2.75) is 46.5 Å². The van der Waals surface area contributed by atoms with Gasteiger partial charge in [0.1, 0.15) is 5.75 Å². The fourth-order valence-electron chi connectivity index (χ4n) is 4.13. The van der Waals surface area contributed by atoms with Gasteiger partial charge in [-0.3, -0.25) is 4.79 Å². The molecule has 1 N–H and O–H groups in total. The maximum Gasteiger partial charge on any atom is 0.336 e. The number of benzene rings is 1. The number of para-hydroxylation sites is 1. The van der Waals surface area contributed by atoms with Crippen LogP contribution in [0.15, 0.2) is 46.8 Å². The van der Waals surface area contributed by atoms with Crippen LogP contribution in [0.1, 0.15) is 52.0 Å². The third-order valence-corrected chi connectivity index (χ3v) is 5.17. The predicted octanol–water partition coefficient (Wildman–Crippen LogP) is 3.86. The van der Waals surface area contributed by atoms with Crippen molar-refractivity contribution in [3.05, 3.63) is 52.4 Å². The van der Waals surface area contributed by atoms with Crippen molar-refractivity contribution in [1.82, 2.24) is 5.32 Å². The highest BCUT2D eigenvalue weighted by Crippen LogP contribution is 2.48. The van der Waals surface area contributed by atoms with E-state index in [0.717, 1.165) is 23.4 Å². The lowest BCUT2D eigenvalue weighted by molar-refractivity contribution is -0.136. The van der Waals surface area contributed by atoms with Crippen LogP contribution in [0, 0.1) is 5.41 Å². The zero-order valence-electron chi connectivity index (χ0n) is 16.6. The molecule has 0 saturated carbocycles. The van der Waals surface area contributed by atoms with Gasteiger partial charge in [-0.1, -0.05) is 32.0 Å². The maximum absolute atomic E-state index is 13.1. The Kier molecular flexibility index (Phi) is 5.13. The van der Waals surface area contributed by atoms with Crippen LogP contribution < -0.4 is 10.1 Å². The molecule has 2 aliphatic rings. The Morgan fingerprint density at radius 1 is 1.26 bits per heavy atom. The first-order valence-corrected chi connectivity index (χ1v) is 9.33. The second kappa shape index (κ2) is 7.22. The van der Waals surface area contributed by atoms with Crippen molar-refractivity contribution in [1.29, 1.82) is 0 Å². The molecule has 1 atom stereocenters. The van der Waals surface area contributed by atoms with Crippen molar-refractivity contribution in [3.8, 4) is 5.75 Å². The lowest BCUT2D eigenvalue weighted by Gasteiger charge is -2.39. The fourth-order valence-corrected chi connectivity index (χ4v) is 4.13. The van der Waals surface area contributed by atoms with E-state index in [2.05, 4.69) is 19.2 Å². The first kappa shape index (κ1) is 19.2. The summed E-state index contributed by atoms with van der Waals surface area (Å²) >= 11 is 0. The van der Waals surface area contributed by atoms with Crippen LogP contribution in [0.3, 0.4) is 0 Å². The summed E-state index contributed by atoms with van der Waals surface area (Å²) in [6, 6.07) is 7.60.